The first-order valence-corrected chi connectivity index (χ1v) is 2.49. The summed E-state index contributed by atoms with van der Waals surface area (Å²) in [5.41, 5.74) is 4.66. The maximum Gasteiger partial charge on any atom is 0.254 e. The molecule has 2 nitrogen and oxygen atoms in total. The van der Waals surface area contributed by atoms with Gasteiger partial charge < -0.3 is 5.73 Å². The standard InChI is InChI=1S/C5H2F4N2/c6-1-2(7)4(9)11-5(10)3(1)8/h(H2,10,11). The van der Waals surface area contributed by atoms with E-state index in [4.69, 9.17) is 0 Å². The lowest BCUT2D eigenvalue weighted by atomic mass is 10.4. The molecule has 0 saturated carbocycles. The molecule has 0 atom stereocenters. The molecule has 1 heterocycles. The second kappa shape index (κ2) is 2.37. The van der Waals surface area contributed by atoms with E-state index >= 15 is 0 Å². The van der Waals surface area contributed by atoms with Gasteiger partial charge in [-0.25, -0.2) is 4.39 Å². The Labute approximate surface area is 58.7 Å². The van der Waals surface area contributed by atoms with E-state index in [1.54, 1.807) is 0 Å². The van der Waals surface area contributed by atoms with Gasteiger partial charge in [0.2, 0.25) is 17.5 Å². The van der Waals surface area contributed by atoms with Gasteiger partial charge in [0, 0.05) is 0 Å². The number of anilines is 1. The molecule has 0 aliphatic heterocycles. The van der Waals surface area contributed by atoms with E-state index in [0.717, 1.165) is 0 Å². The summed E-state index contributed by atoms with van der Waals surface area (Å²) in [5.74, 6) is -8.33. The lowest BCUT2D eigenvalue weighted by Gasteiger charge is -1.97. The summed E-state index contributed by atoms with van der Waals surface area (Å²) in [6.45, 7) is 0. The number of nitrogen functional groups attached to an aromatic ring is 1. The van der Waals surface area contributed by atoms with Crippen LogP contribution in [0.25, 0.3) is 0 Å². The van der Waals surface area contributed by atoms with Crippen LogP contribution in [-0.4, -0.2) is 4.98 Å². The minimum absolute atomic E-state index is 0.999. The Hall–Kier alpha value is -1.33. The van der Waals surface area contributed by atoms with Crippen molar-refractivity contribution in [3.05, 3.63) is 23.4 Å². The zero-order valence-electron chi connectivity index (χ0n) is 5.04. The number of nitrogens with zero attached hydrogens (tertiary/aromatic N) is 1. The Morgan fingerprint density at radius 3 is 2.00 bits per heavy atom. The molecule has 0 unspecified atom stereocenters. The summed E-state index contributed by atoms with van der Waals surface area (Å²) in [6, 6.07) is 0. The van der Waals surface area contributed by atoms with Crippen LogP contribution in [0.3, 0.4) is 0 Å². The van der Waals surface area contributed by atoms with Crippen molar-refractivity contribution < 1.29 is 17.6 Å². The summed E-state index contributed by atoms with van der Waals surface area (Å²) in [5, 5.41) is 0. The summed E-state index contributed by atoms with van der Waals surface area (Å²) in [6.07, 6.45) is 0. The maximum atomic E-state index is 12.2. The molecule has 2 N–H and O–H groups in total. The number of halogens is 4. The average Bonchev–Trinajstić information content (AvgIpc) is 1.97. The fourth-order valence-electron chi connectivity index (χ4n) is 0.503. The fourth-order valence-corrected chi connectivity index (χ4v) is 0.503. The minimum atomic E-state index is -1.96. The van der Waals surface area contributed by atoms with E-state index in [1.807, 2.05) is 0 Å². The molecule has 60 valence electrons. The van der Waals surface area contributed by atoms with Gasteiger partial charge in [-0.05, 0) is 0 Å². The molecule has 1 aromatic heterocycles. The topological polar surface area (TPSA) is 38.9 Å². The van der Waals surface area contributed by atoms with Gasteiger partial charge in [-0.1, -0.05) is 0 Å². The summed E-state index contributed by atoms with van der Waals surface area (Å²) < 4.78 is 48.5. The van der Waals surface area contributed by atoms with Gasteiger partial charge >= 0.3 is 0 Å². The van der Waals surface area contributed by atoms with Crippen LogP contribution in [-0.2, 0) is 0 Å². The highest BCUT2D eigenvalue weighted by Gasteiger charge is 2.18. The first-order chi connectivity index (χ1) is 5.04. The molecule has 1 rings (SSSR count). The van der Waals surface area contributed by atoms with Crippen molar-refractivity contribution in [2.24, 2.45) is 0 Å². The Morgan fingerprint density at radius 1 is 0.909 bits per heavy atom. The third kappa shape index (κ3) is 1.11. The smallest absolute Gasteiger partial charge is 0.254 e. The highest BCUT2D eigenvalue weighted by atomic mass is 19.2. The molecule has 0 fully saturated rings. The average molecular weight is 166 g/mol. The van der Waals surface area contributed by atoms with E-state index in [2.05, 4.69) is 10.7 Å². The van der Waals surface area contributed by atoms with Crippen LogP contribution >= 0.6 is 0 Å². The van der Waals surface area contributed by atoms with Gasteiger partial charge in [0.1, 0.15) is 0 Å². The molecule has 0 amide bonds. The van der Waals surface area contributed by atoms with Gasteiger partial charge in [0.15, 0.2) is 5.82 Å². The molecular formula is C5H2F4N2. The second-order valence-corrected chi connectivity index (χ2v) is 1.73. The molecule has 0 saturated heterocycles. The lowest BCUT2D eigenvalue weighted by Crippen LogP contribution is -2.04. The van der Waals surface area contributed by atoms with Crippen molar-refractivity contribution in [1.82, 2.24) is 4.98 Å². The van der Waals surface area contributed by atoms with Crippen LogP contribution in [0.4, 0.5) is 23.4 Å². The van der Waals surface area contributed by atoms with E-state index in [9.17, 15) is 17.6 Å². The van der Waals surface area contributed by atoms with Crippen LogP contribution in [0.2, 0.25) is 0 Å². The van der Waals surface area contributed by atoms with Gasteiger partial charge in [0.25, 0.3) is 5.95 Å². The van der Waals surface area contributed by atoms with Crippen molar-refractivity contribution in [2.75, 3.05) is 5.73 Å². The molecule has 11 heavy (non-hydrogen) atoms. The van der Waals surface area contributed by atoms with Crippen LogP contribution in [0.15, 0.2) is 0 Å². The number of nitrogens with two attached hydrogens (primary N) is 1. The molecule has 0 radical (unpaired) electrons. The first-order valence-electron chi connectivity index (χ1n) is 2.49. The number of hydrogen-bond donors (Lipinski definition) is 1. The van der Waals surface area contributed by atoms with Crippen molar-refractivity contribution >= 4 is 5.82 Å². The van der Waals surface area contributed by atoms with Crippen LogP contribution in [0.5, 0.6) is 0 Å². The van der Waals surface area contributed by atoms with Gasteiger partial charge in [0.05, 0.1) is 0 Å². The lowest BCUT2D eigenvalue weighted by molar-refractivity contribution is 0.394. The van der Waals surface area contributed by atoms with Crippen molar-refractivity contribution in [3.63, 3.8) is 0 Å². The number of aromatic nitrogens is 1. The molecule has 0 bridgehead atoms. The third-order valence-corrected chi connectivity index (χ3v) is 1.01. The Balaban J connectivity index is 3.46. The minimum Gasteiger partial charge on any atom is -0.381 e. The molecule has 0 spiro atoms. The highest BCUT2D eigenvalue weighted by Crippen LogP contribution is 2.16. The fraction of sp³-hybridized carbons (Fsp3) is 0. The Kier molecular flexibility index (Phi) is 1.67. The maximum absolute atomic E-state index is 12.2. The molecule has 0 aromatic carbocycles. The van der Waals surface area contributed by atoms with E-state index in [-0.39, 0.29) is 0 Å². The summed E-state index contributed by atoms with van der Waals surface area (Å²) in [7, 11) is 0. The van der Waals surface area contributed by atoms with Gasteiger partial charge in [-0.3, -0.25) is 0 Å². The Morgan fingerprint density at radius 2 is 1.45 bits per heavy atom. The predicted molar refractivity (Wildman–Crippen MR) is 28.5 cm³/mol. The zero-order valence-corrected chi connectivity index (χ0v) is 5.04. The molecule has 0 aliphatic rings. The SMILES string of the molecule is Nc1nc(F)c(F)c(F)c1F. The largest absolute Gasteiger partial charge is 0.381 e. The highest BCUT2D eigenvalue weighted by molar-refractivity contribution is 5.30. The Bertz CT molecular complexity index is 273. The van der Waals surface area contributed by atoms with E-state index in [0.29, 0.717) is 0 Å². The van der Waals surface area contributed by atoms with E-state index < -0.39 is 29.2 Å². The van der Waals surface area contributed by atoms with Gasteiger partial charge in [-0.2, -0.15) is 18.2 Å². The van der Waals surface area contributed by atoms with Crippen molar-refractivity contribution in [2.45, 2.75) is 0 Å². The number of rotatable bonds is 0. The summed E-state index contributed by atoms with van der Waals surface area (Å²) in [4.78, 5) is 2.55. The predicted octanol–water partition coefficient (Wildman–Crippen LogP) is 1.22. The normalized spacial score (nSPS) is 10.2. The quantitative estimate of drug-likeness (QED) is 0.464. The van der Waals surface area contributed by atoms with E-state index in [1.165, 1.54) is 0 Å². The van der Waals surface area contributed by atoms with Crippen molar-refractivity contribution in [1.29, 1.82) is 0 Å². The van der Waals surface area contributed by atoms with Crippen LogP contribution in [0, 0.1) is 23.4 Å². The molecule has 6 heteroatoms. The summed E-state index contributed by atoms with van der Waals surface area (Å²) >= 11 is 0. The van der Waals surface area contributed by atoms with Crippen molar-refractivity contribution in [3.8, 4) is 0 Å². The second-order valence-electron chi connectivity index (χ2n) is 1.73. The van der Waals surface area contributed by atoms with Crippen LogP contribution < -0.4 is 5.73 Å². The van der Waals surface area contributed by atoms with Gasteiger partial charge in [-0.15, -0.1) is 0 Å². The number of hydrogen-bond acceptors (Lipinski definition) is 2. The molecule has 0 aliphatic carbocycles. The zero-order chi connectivity index (χ0) is 8.59. The molecule has 1 aromatic rings. The first kappa shape index (κ1) is 7.77. The number of pyridine rings is 1. The molecular weight excluding hydrogens is 164 g/mol. The monoisotopic (exact) mass is 166 g/mol. The van der Waals surface area contributed by atoms with Crippen LogP contribution in [0.1, 0.15) is 0 Å². The third-order valence-electron chi connectivity index (χ3n) is 1.01.